The zero-order valence-corrected chi connectivity index (χ0v) is 18.6. The molecule has 4 rings (SSSR count). The molecule has 0 saturated carbocycles. The zero-order valence-electron chi connectivity index (χ0n) is 18.6. The third-order valence-corrected chi connectivity index (χ3v) is 5.03. The predicted octanol–water partition coefficient (Wildman–Crippen LogP) is 6.63. The van der Waals surface area contributed by atoms with Crippen molar-refractivity contribution in [3.05, 3.63) is 114 Å². The molecule has 0 bridgehead atoms. The van der Waals surface area contributed by atoms with Crippen molar-refractivity contribution in [1.29, 1.82) is 0 Å². The van der Waals surface area contributed by atoms with E-state index in [0.717, 1.165) is 16.9 Å². The molecule has 1 N–H and O–H groups in total. The van der Waals surface area contributed by atoms with Crippen molar-refractivity contribution < 1.29 is 19.0 Å². The summed E-state index contributed by atoms with van der Waals surface area (Å²) in [6, 6.07) is 29.9. The van der Waals surface area contributed by atoms with E-state index in [0.29, 0.717) is 28.5 Å². The summed E-state index contributed by atoms with van der Waals surface area (Å²) in [7, 11) is 1.60. The van der Waals surface area contributed by atoms with Crippen LogP contribution in [-0.4, -0.2) is 13.0 Å². The monoisotopic (exact) mass is 439 g/mol. The van der Waals surface area contributed by atoms with Crippen LogP contribution in [0.15, 0.2) is 97.1 Å². The maximum absolute atomic E-state index is 13.0. The summed E-state index contributed by atoms with van der Waals surface area (Å²) < 4.78 is 17.3. The molecule has 0 aliphatic carbocycles. The van der Waals surface area contributed by atoms with E-state index in [9.17, 15) is 4.79 Å². The summed E-state index contributed by atoms with van der Waals surface area (Å²) >= 11 is 0. The van der Waals surface area contributed by atoms with Gasteiger partial charge in [0.1, 0.15) is 23.9 Å². The fourth-order valence-electron chi connectivity index (χ4n) is 3.37. The molecule has 0 fully saturated rings. The molecule has 5 nitrogen and oxygen atoms in total. The second-order valence-electron chi connectivity index (χ2n) is 7.50. The van der Waals surface area contributed by atoms with Crippen LogP contribution in [0.1, 0.15) is 21.5 Å². The standard InChI is InChI=1S/C28H25NO4/c1-20-9-8-12-24(17-20)32-19-22-18-21(15-16-26(22)31-2)28(30)29-25-13-6-7-14-27(25)33-23-10-4-3-5-11-23/h3-18H,19H2,1-2H3,(H,29,30). The van der Waals surface area contributed by atoms with Gasteiger partial charge in [-0.05, 0) is 67.1 Å². The lowest BCUT2D eigenvalue weighted by atomic mass is 10.1. The van der Waals surface area contributed by atoms with Gasteiger partial charge in [-0.25, -0.2) is 0 Å². The quantitative estimate of drug-likeness (QED) is 0.335. The summed E-state index contributed by atoms with van der Waals surface area (Å²) in [6.45, 7) is 2.29. The fourth-order valence-corrected chi connectivity index (χ4v) is 3.37. The number of amides is 1. The van der Waals surface area contributed by atoms with E-state index in [2.05, 4.69) is 5.32 Å². The van der Waals surface area contributed by atoms with Gasteiger partial charge < -0.3 is 19.5 Å². The van der Waals surface area contributed by atoms with Crippen molar-refractivity contribution in [2.45, 2.75) is 13.5 Å². The summed E-state index contributed by atoms with van der Waals surface area (Å²) in [6.07, 6.45) is 0. The first-order valence-corrected chi connectivity index (χ1v) is 10.6. The number of hydrogen-bond donors (Lipinski definition) is 1. The largest absolute Gasteiger partial charge is 0.496 e. The van der Waals surface area contributed by atoms with Crippen LogP contribution in [0.4, 0.5) is 5.69 Å². The van der Waals surface area contributed by atoms with Crippen LogP contribution in [0, 0.1) is 6.92 Å². The summed E-state index contributed by atoms with van der Waals surface area (Å²) in [5.74, 6) is 2.43. The summed E-state index contributed by atoms with van der Waals surface area (Å²) in [5, 5.41) is 2.95. The van der Waals surface area contributed by atoms with E-state index in [1.54, 1.807) is 31.4 Å². The molecule has 33 heavy (non-hydrogen) atoms. The molecule has 166 valence electrons. The maximum atomic E-state index is 13.0. The molecule has 0 unspecified atom stereocenters. The lowest BCUT2D eigenvalue weighted by Crippen LogP contribution is -2.13. The average Bonchev–Trinajstić information content (AvgIpc) is 2.84. The number of para-hydroxylation sites is 3. The van der Waals surface area contributed by atoms with Crippen molar-refractivity contribution in [3.8, 4) is 23.0 Å². The lowest BCUT2D eigenvalue weighted by Gasteiger charge is -2.14. The van der Waals surface area contributed by atoms with Crippen molar-refractivity contribution in [1.82, 2.24) is 0 Å². The van der Waals surface area contributed by atoms with Gasteiger partial charge in [0, 0.05) is 11.1 Å². The SMILES string of the molecule is COc1ccc(C(=O)Nc2ccccc2Oc2ccccc2)cc1COc1cccc(C)c1. The Morgan fingerprint density at radius 3 is 2.33 bits per heavy atom. The van der Waals surface area contributed by atoms with E-state index in [1.807, 2.05) is 79.7 Å². The third-order valence-electron chi connectivity index (χ3n) is 5.03. The molecule has 0 spiro atoms. The minimum absolute atomic E-state index is 0.251. The van der Waals surface area contributed by atoms with Gasteiger partial charge in [-0.15, -0.1) is 0 Å². The minimum atomic E-state index is -0.251. The van der Waals surface area contributed by atoms with Gasteiger partial charge in [-0.3, -0.25) is 4.79 Å². The molecule has 0 aliphatic heterocycles. The Kier molecular flexibility index (Phi) is 6.90. The Labute approximate surface area is 193 Å². The van der Waals surface area contributed by atoms with Crippen LogP contribution in [0.25, 0.3) is 0 Å². The first kappa shape index (κ1) is 22.0. The Morgan fingerprint density at radius 1 is 0.788 bits per heavy atom. The van der Waals surface area contributed by atoms with Crippen molar-refractivity contribution in [3.63, 3.8) is 0 Å². The lowest BCUT2D eigenvalue weighted by molar-refractivity contribution is 0.102. The van der Waals surface area contributed by atoms with Crippen LogP contribution in [0.2, 0.25) is 0 Å². The van der Waals surface area contributed by atoms with Crippen LogP contribution < -0.4 is 19.5 Å². The van der Waals surface area contributed by atoms with Crippen molar-refractivity contribution in [2.75, 3.05) is 12.4 Å². The molecular weight excluding hydrogens is 414 g/mol. The molecule has 0 atom stereocenters. The number of rotatable bonds is 8. The highest BCUT2D eigenvalue weighted by Crippen LogP contribution is 2.30. The molecule has 5 heteroatoms. The number of anilines is 1. The topological polar surface area (TPSA) is 56.8 Å². The molecule has 4 aromatic rings. The fraction of sp³-hybridized carbons (Fsp3) is 0.107. The van der Waals surface area contributed by atoms with Gasteiger partial charge in [-0.2, -0.15) is 0 Å². The molecular formula is C28H25NO4. The molecule has 1 amide bonds. The Bertz CT molecular complexity index is 1240. The normalized spacial score (nSPS) is 10.4. The van der Waals surface area contributed by atoms with Gasteiger partial charge in [0.05, 0.1) is 12.8 Å². The van der Waals surface area contributed by atoms with Crippen LogP contribution in [0.5, 0.6) is 23.0 Å². The smallest absolute Gasteiger partial charge is 0.255 e. The van der Waals surface area contributed by atoms with Gasteiger partial charge in [0.15, 0.2) is 5.75 Å². The number of nitrogens with one attached hydrogen (secondary N) is 1. The average molecular weight is 440 g/mol. The number of aryl methyl sites for hydroxylation is 1. The number of ether oxygens (including phenoxy) is 3. The number of benzene rings is 4. The first-order valence-electron chi connectivity index (χ1n) is 10.6. The Morgan fingerprint density at radius 2 is 1.55 bits per heavy atom. The summed E-state index contributed by atoms with van der Waals surface area (Å²) in [4.78, 5) is 13.0. The molecule has 0 heterocycles. The molecule has 4 aromatic carbocycles. The first-order chi connectivity index (χ1) is 16.1. The predicted molar refractivity (Wildman–Crippen MR) is 129 cm³/mol. The van der Waals surface area contributed by atoms with Crippen LogP contribution in [-0.2, 0) is 6.61 Å². The highest BCUT2D eigenvalue weighted by Gasteiger charge is 2.14. The van der Waals surface area contributed by atoms with E-state index in [-0.39, 0.29) is 12.5 Å². The van der Waals surface area contributed by atoms with E-state index < -0.39 is 0 Å². The van der Waals surface area contributed by atoms with Gasteiger partial charge in [0.25, 0.3) is 5.91 Å². The second kappa shape index (κ2) is 10.4. The number of carbonyl (C=O) groups is 1. The van der Waals surface area contributed by atoms with Crippen molar-refractivity contribution in [2.24, 2.45) is 0 Å². The van der Waals surface area contributed by atoms with Gasteiger partial charge in [0.2, 0.25) is 0 Å². The second-order valence-corrected chi connectivity index (χ2v) is 7.50. The van der Waals surface area contributed by atoms with E-state index in [4.69, 9.17) is 14.2 Å². The number of methoxy groups -OCH3 is 1. The Hall–Kier alpha value is -4.25. The maximum Gasteiger partial charge on any atom is 0.255 e. The van der Waals surface area contributed by atoms with Crippen LogP contribution in [0.3, 0.4) is 0 Å². The van der Waals surface area contributed by atoms with Crippen LogP contribution >= 0.6 is 0 Å². The molecule has 0 saturated heterocycles. The summed E-state index contributed by atoms with van der Waals surface area (Å²) in [5.41, 5.74) is 2.97. The highest BCUT2D eigenvalue weighted by atomic mass is 16.5. The number of carbonyl (C=O) groups excluding carboxylic acids is 1. The highest BCUT2D eigenvalue weighted by molar-refractivity contribution is 6.05. The molecule has 0 aromatic heterocycles. The number of hydrogen-bond acceptors (Lipinski definition) is 4. The van der Waals surface area contributed by atoms with Gasteiger partial charge >= 0.3 is 0 Å². The molecule has 0 radical (unpaired) electrons. The van der Waals surface area contributed by atoms with Gasteiger partial charge in [-0.1, -0.05) is 42.5 Å². The Balaban J connectivity index is 1.51. The van der Waals surface area contributed by atoms with E-state index in [1.165, 1.54) is 0 Å². The van der Waals surface area contributed by atoms with Crippen molar-refractivity contribution >= 4 is 11.6 Å². The third kappa shape index (κ3) is 5.71. The minimum Gasteiger partial charge on any atom is -0.496 e. The zero-order chi connectivity index (χ0) is 23.0. The molecule has 0 aliphatic rings. The van der Waals surface area contributed by atoms with E-state index >= 15 is 0 Å².